The summed E-state index contributed by atoms with van der Waals surface area (Å²) < 4.78 is 11.6. The van der Waals surface area contributed by atoms with Crippen LogP contribution in [0, 0.1) is 20.2 Å². The van der Waals surface area contributed by atoms with E-state index in [2.05, 4.69) is 5.32 Å². The Labute approximate surface area is 233 Å². The minimum absolute atomic E-state index is 0.0297. The van der Waals surface area contributed by atoms with Gasteiger partial charge in [0.2, 0.25) is 0 Å². The van der Waals surface area contributed by atoms with Gasteiger partial charge in [-0.1, -0.05) is 29.8 Å². The van der Waals surface area contributed by atoms with E-state index in [0.717, 1.165) is 6.42 Å². The van der Waals surface area contributed by atoms with Crippen LogP contribution in [0.5, 0.6) is 11.5 Å². The van der Waals surface area contributed by atoms with E-state index in [0.29, 0.717) is 41.1 Å². The number of nitro groups is 2. The van der Waals surface area contributed by atoms with E-state index in [4.69, 9.17) is 21.1 Å². The minimum Gasteiger partial charge on any atom is -0.493 e. The van der Waals surface area contributed by atoms with Gasteiger partial charge in [-0.3, -0.25) is 29.9 Å². The predicted octanol–water partition coefficient (Wildman–Crippen LogP) is 4.89. The maximum absolute atomic E-state index is 13.6. The van der Waals surface area contributed by atoms with Crippen LogP contribution in [-0.2, 0) is 16.9 Å². The van der Waals surface area contributed by atoms with E-state index >= 15 is 0 Å². The van der Waals surface area contributed by atoms with Crippen LogP contribution < -0.4 is 14.8 Å². The van der Waals surface area contributed by atoms with Crippen molar-refractivity contribution in [3.8, 4) is 11.5 Å². The number of anilines is 1. The number of hydrogen-bond donors (Lipinski definition) is 1. The molecule has 0 saturated carbocycles. The molecule has 4 atom stereocenters. The van der Waals surface area contributed by atoms with Crippen LogP contribution >= 0.6 is 11.6 Å². The number of ether oxygens (including phenoxy) is 2. The first-order valence-corrected chi connectivity index (χ1v) is 13.2. The second kappa shape index (κ2) is 9.76. The average Bonchev–Trinajstić information content (AvgIpc) is 3.60. The molecule has 1 N–H and O–H groups in total. The van der Waals surface area contributed by atoms with Crippen molar-refractivity contribution in [2.24, 2.45) is 0 Å². The Bertz CT molecular complexity index is 1530. The van der Waals surface area contributed by atoms with Gasteiger partial charge >= 0.3 is 0 Å². The van der Waals surface area contributed by atoms with E-state index in [1.165, 1.54) is 19.2 Å². The molecule has 0 unspecified atom stereocenters. The molecule has 11 nitrogen and oxygen atoms in total. The van der Waals surface area contributed by atoms with Crippen LogP contribution in [0.4, 0.5) is 11.4 Å². The van der Waals surface area contributed by atoms with E-state index < -0.39 is 22.4 Å². The van der Waals surface area contributed by atoms with Crippen molar-refractivity contribution in [2.75, 3.05) is 19.0 Å². The number of benzene rings is 3. The minimum atomic E-state index is -1.43. The van der Waals surface area contributed by atoms with Gasteiger partial charge in [0.1, 0.15) is 6.61 Å². The molecule has 3 aromatic carbocycles. The second-order valence-electron chi connectivity index (χ2n) is 10.2. The van der Waals surface area contributed by atoms with E-state index in [1.54, 1.807) is 48.5 Å². The van der Waals surface area contributed by atoms with Gasteiger partial charge in [-0.15, -0.1) is 0 Å². The molecule has 206 valence electrons. The summed E-state index contributed by atoms with van der Waals surface area (Å²) in [5.74, 6) is -0.465. The third-order valence-corrected chi connectivity index (χ3v) is 8.54. The monoisotopic (exact) mass is 564 g/mol. The standard InChI is InChI=1S/C28H25ClN4O7/c1-39-23-14-17(13-20(29)25(23)40-15-16-8-10-18(11-9-16)32(35)36)24-22-7-4-12-31(22)28(26(24)33(37)38)19-5-2-3-6-21(19)30-27(28)34/h2-3,5-6,8-11,13-14,22,24,26H,4,7,12,15H2,1H3,(H,30,34)/t22-,24+,26+,28+/m0/s1. The van der Waals surface area contributed by atoms with Gasteiger partial charge in [0.25, 0.3) is 17.6 Å². The molecule has 6 rings (SSSR count). The molecule has 0 aliphatic carbocycles. The van der Waals surface area contributed by atoms with Crippen molar-refractivity contribution in [1.82, 2.24) is 4.90 Å². The molecule has 0 aromatic heterocycles. The first kappa shape index (κ1) is 26.0. The quantitative estimate of drug-likeness (QED) is 0.316. The molecule has 3 aliphatic heterocycles. The molecule has 12 heteroatoms. The smallest absolute Gasteiger partial charge is 0.269 e. The number of methoxy groups -OCH3 is 1. The van der Waals surface area contributed by atoms with Crippen LogP contribution in [0.2, 0.25) is 5.02 Å². The summed E-state index contributed by atoms with van der Waals surface area (Å²) in [5, 5.41) is 26.9. The van der Waals surface area contributed by atoms with Crippen LogP contribution in [0.25, 0.3) is 0 Å². The Morgan fingerprint density at radius 2 is 1.88 bits per heavy atom. The Hall–Kier alpha value is -4.22. The van der Waals surface area contributed by atoms with Crippen LogP contribution in [0.1, 0.15) is 35.4 Å². The topological polar surface area (TPSA) is 137 Å². The molecule has 0 bridgehead atoms. The lowest BCUT2D eigenvalue weighted by Gasteiger charge is -2.32. The molecule has 3 aromatic rings. The molecule has 3 heterocycles. The third kappa shape index (κ3) is 3.80. The molecule has 1 amide bonds. The molecular weight excluding hydrogens is 540 g/mol. The summed E-state index contributed by atoms with van der Waals surface area (Å²) >= 11 is 6.70. The zero-order valence-corrected chi connectivity index (χ0v) is 22.2. The highest BCUT2D eigenvalue weighted by Crippen LogP contribution is 2.58. The van der Waals surface area contributed by atoms with E-state index in [-0.39, 0.29) is 39.9 Å². The number of rotatable bonds is 7. The Morgan fingerprint density at radius 3 is 2.58 bits per heavy atom. The third-order valence-electron chi connectivity index (χ3n) is 8.26. The summed E-state index contributed by atoms with van der Waals surface area (Å²) in [7, 11) is 1.46. The van der Waals surface area contributed by atoms with Crippen LogP contribution in [0.3, 0.4) is 0 Å². The van der Waals surface area contributed by atoms with Crippen molar-refractivity contribution in [1.29, 1.82) is 0 Å². The Kier molecular flexibility index (Phi) is 6.35. The number of nitrogens with zero attached hydrogens (tertiary/aromatic N) is 3. The van der Waals surface area contributed by atoms with Crippen LogP contribution in [-0.4, -0.2) is 46.4 Å². The molecule has 40 heavy (non-hydrogen) atoms. The summed E-state index contributed by atoms with van der Waals surface area (Å²) in [6.07, 6.45) is 1.51. The molecule has 3 aliphatic rings. The van der Waals surface area contributed by atoms with Gasteiger partial charge < -0.3 is 14.8 Å². The SMILES string of the molecule is COc1cc([C@@H]2[C@@H]3CCCN3[C@@]3(C(=O)Nc4ccccc43)[C@@H]2[N+](=O)[O-])cc(Cl)c1OCc1ccc([N+](=O)[O-])cc1. The van der Waals surface area contributed by atoms with Gasteiger partial charge in [0.15, 0.2) is 17.0 Å². The number of nitrogens with one attached hydrogen (secondary N) is 1. The fourth-order valence-electron chi connectivity index (χ4n) is 6.72. The molecular formula is C28H25ClN4O7. The van der Waals surface area contributed by atoms with Crippen molar-refractivity contribution in [3.63, 3.8) is 0 Å². The summed E-state index contributed by atoms with van der Waals surface area (Å²) in [5.41, 5.74) is 1.03. The fraction of sp³-hybridized carbons (Fsp3) is 0.321. The van der Waals surface area contributed by atoms with Crippen molar-refractivity contribution in [3.05, 3.63) is 103 Å². The zero-order valence-electron chi connectivity index (χ0n) is 21.4. The number of nitro benzene ring substituents is 1. The van der Waals surface area contributed by atoms with E-state index in [9.17, 15) is 25.0 Å². The number of non-ortho nitro benzene ring substituents is 1. The van der Waals surface area contributed by atoms with E-state index in [1.807, 2.05) is 4.90 Å². The predicted molar refractivity (Wildman–Crippen MR) is 145 cm³/mol. The lowest BCUT2D eigenvalue weighted by molar-refractivity contribution is -0.534. The highest BCUT2D eigenvalue weighted by molar-refractivity contribution is 6.32. The first-order valence-electron chi connectivity index (χ1n) is 12.8. The van der Waals surface area contributed by atoms with Crippen molar-refractivity contribution >= 4 is 28.9 Å². The molecule has 0 radical (unpaired) electrons. The summed E-state index contributed by atoms with van der Waals surface area (Å²) in [6, 6.07) is 15.0. The maximum atomic E-state index is 13.6. The number of fused-ring (bicyclic) bond motifs is 4. The summed E-state index contributed by atoms with van der Waals surface area (Å²) in [6.45, 7) is 0.638. The second-order valence-corrected chi connectivity index (χ2v) is 10.6. The average molecular weight is 565 g/mol. The largest absolute Gasteiger partial charge is 0.493 e. The zero-order chi connectivity index (χ0) is 28.2. The van der Waals surface area contributed by atoms with Gasteiger partial charge in [-0.25, -0.2) is 0 Å². The van der Waals surface area contributed by atoms with Gasteiger partial charge in [-0.05, 0) is 54.3 Å². The lowest BCUT2D eigenvalue weighted by Crippen LogP contribution is -2.55. The highest BCUT2D eigenvalue weighted by atomic mass is 35.5. The first-order chi connectivity index (χ1) is 19.3. The molecule has 1 spiro atoms. The van der Waals surface area contributed by atoms with Gasteiger partial charge in [0, 0.05) is 40.9 Å². The Morgan fingerprint density at radius 1 is 1.12 bits per heavy atom. The number of para-hydroxylation sites is 1. The normalized spacial score (nSPS) is 24.9. The van der Waals surface area contributed by atoms with Crippen molar-refractivity contribution in [2.45, 2.75) is 43.0 Å². The van der Waals surface area contributed by atoms with Crippen LogP contribution in [0.15, 0.2) is 60.7 Å². The number of amides is 1. The maximum Gasteiger partial charge on any atom is 0.269 e. The fourth-order valence-corrected chi connectivity index (χ4v) is 6.99. The van der Waals surface area contributed by atoms with Gasteiger partial charge in [-0.2, -0.15) is 0 Å². The molecule has 2 saturated heterocycles. The highest BCUT2D eigenvalue weighted by Gasteiger charge is 2.73. The molecule has 2 fully saturated rings. The number of halogens is 1. The lowest BCUT2D eigenvalue weighted by atomic mass is 9.77. The number of carbonyl (C=O) groups excluding carboxylic acids is 1. The van der Waals surface area contributed by atoms with Gasteiger partial charge in [0.05, 0.1) is 23.0 Å². The number of carbonyl (C=O) groups is 1. The number of hydrogen-bond acceptors (Lipinski definition) is 8. The summed E-state index contributed by atoms with van der Waals surface area (Å²) in [4.78, 5) is 38.6. The Balaban J connectivity index is 1.38. The van der Waals surface area contributed by atoms with Crippen molar-refractivity contribution < 1.29 is 24.1 Å².